The lowest BCUT2D eigenvalue weighted by atomic mass is 10.2. The molecule has 1 aliphatic rings. The molecule has 0 atom stereocenters. The zero-order valence-corrected chi connectivity index (χ0v) is 14.3. The van der Waals surface area contributed by atoms with Crippen molar-refractivity contribution in [2.24, 2.45) is 0 Å². The number of benzene rings is 1. The van der Waals surface area contributed by atoms with Crippen molar-refractivity contribution >= 4 is 17.5 Å². The van der Waals surface area contributed by atoms with E-state index >= 15 is 0 Å². The van der Waals surface area contributed by atoms with Gasteiger partial charge in [0.25, 0.3) is 5.91 Å². The molecule has 1 amide bonds. The lowest BCUT2D eigenvalue weighted by Gasteiger charge is -2.26. The van der Waals surface area contributed by atoms with Gasteiger partial charge in [0.2, 0.25) is 5.95 Å². The maximum Gasteiger partial charge on any atom is 0.254 e. The number of anilines is 2. The summed E-state index contributed by atoms with van der Waals surface area (Å²) in [6.07, 6.45) is 2.98. The van der Waals surface area contributed by atoms with E-state index in [1.165, 1.54) is 12.4 Å². The molecule has 1 aromatic carbocycles. The quantitative estimate of drug-likeness (QED) is 0.804. The highest BCUT2D eigenvalue weighted by Crippen LogP contribution is 2.13. The zero-order chi connectivity index (χ0) is 18.2. The number of ether oxygens (including phenoxy) is 1. The monoisotopic (exact) mass is 352 g/mol. The third kappa shape index (κ3) is 4.99. The molecule has 8 heteroatoms. The van der Waals surface area contributed by atoms with E-state index in [0.717, 1.165) is 38.5 Å². The van der Waals surface area contributed by atoms with Crippen molar-refractivity contribution < 1.29 is 9.53 Å². The van der Waals surface area contributed by atoms with Crippen LogP contribution in [0.25, 0.3) is 0 Å². The molecule has 1 aromatic heterocycles. The largest absolute Gasteiger partial charge is 0.379 e. The van der Waals surface area contributed by atoms with Crippen LogP contribution in [0.15, 0.2) is 36.7 Å². The van der Waals surface area contributed by atoms with Crippen molar-refractivity contribution in [3.63, 3.8) is 0 Å². The first-order valence-electron chi connectivity index (χ1n) is 8.42. The van der Waals surface area contributed by atoms with E-state index in [2.05, 4.69) is 31.6 Å². The van der Waals surface area contributed by atoms with Gasteiger partial charge in [-0.1, -0.05) is 0 Å². The summed E-state index contributed by atoms with van der Waals surface area (Å²) in [6, 6.07) is 9.02. The van der Waals surface area contributed by atoms with Crippen molar-refractivity contribution in [3.05, 3.63) is 47.8 Å². The molecule has 8 nitrogen and oxygen atoms in total. The minimum Gasteiger partial charge on any atom is -0.379 e. The highest BCUT2D eigenvalue weighted by Gasteiger charge is 2.11. The third-order valence-electron chi connectivity index (χ3n) is 4.00. The number of nitriles is 1. The smallest absolute Gasteiger partial charge is 0.254 e. The minimum absolute atomic E-state index is 0.191. The number of hydrogen-bond donors (Lipinski definition) is 2. The summed E-state index contributed by atoms with van der Waals surface area (Å²) in [7, 11) is 0. The first-order chi connectivity index (χ1) is 12.7. The Balaban J connectivity index is 1.48. The number of aromatic nitrogens is 2. The number of nitrogens with one attached hydrogen (secondary N) is 2. The molecule has 1 saturated heterocycles. The first kappa shape index (κ1) is 17.8. The SMILES string of the molecule is N#Cc1ccc(Nc2ncc(C(=O)NCCN3CCOCC3)cn2)cc1. The van der Waals surface area contributed by atoms with Crippen molar-refractivity contribution in [2.75, 3.05) is 44.7 Å². The Morgan fingerprint density at radius 2 is 1.88 bits per heavy atom. The predicted octanol–water partition coefficient (Wildman–Crippen LogP) is 1.15. The van der Waals surface area contributed by atoms with Crippen LogP contribution in [-0.4, -0.2) is 60.2 Å². The van der Waals surface area contributed by atoms with Gasteiger partial charge < -0.3 is 15.4 Å². The molecule has 2 aromatic rings. The van der Waals surface area contributed by atoms with Crippen LogP contribution in [0.1, 0.15) is 15.9 Å². The number of carbonyl (C=O) groups excluding carboxylic acids is 1. The molecule has 3 rings (SSSR count). The molecule has 2 N–H and O–H groups in total. The van der Waals surface area contributed by atoms with Gasteiger partial charge in [0, 0.05) is 44.3 Å². The summed E-state index contributed by atoms with van der Waals surface area (Å²) < 4.78 is 5.30. The number of rotatable bonds is 6. The fraction of sp³-hybridized carbons (Fsp3) is 0.333. The molecular weight excluding hydrogens is 332 g/mol. The fourth-order valence-electron chi connectivity index (χ4n) is 2.52. The van der Waals surface area contributed by atoms with Crippen LogP contribution in [0.4, 0.5) is 11.6 Å². The molecular formula is C18H20N6O2. The van der Waals surface area contributed by atoms with E-state index in [9.17, 15) is 4.79 Å². The number of morpholine rings is 1. The molecule has 0 spiro atoms. The molecule has 134 valence electrons. The second kappa shape index (κ2) is 8.89. The Labute approximate surface area is 151 Å². The molecule has 26 heavy (non-hydrogen) atoms. The lowest BCUT2D eigenvalue weighted by molar-refractivity contribution is 0.0383. The molecule has 1 aliphatic heterocycles. The highest BCUT2D eigenvalue weighted by atomic mass is 16.5. The van der Waals surface area contributed by atoms with Crippen LogP contribution in [-0.2, 0) is 4.74 Å². The first-order valence-corrected chi connectivity index (χ1v) is 8.42. The summed E-state index contributed by atoms with van der Waals surface area (Å²) in [5, 5.41) is 14.7. The van der Waals surface area contributed by atoms with E-state index in [1.807, 2.05) is 0 Å². The van der Waals surface area contributed by atoms with Crippen molar-refractivity contribution in [3.8, 4) is 6.07 Å². The Morgan fingerprint density at radius 3 is 2.54 bits per heavy atom. The third-order valence-corrected chi connectivity index (χ3v) is 4.00. The fourth-order valence-corrected chi connectivity index (χ4v) is 2.52. The average Bonchev–Trinajstić information content (AvgIpc) is 2.70. The Bertz CT molecular complexity index is 764. The second-order valence-electron chi connectivity index (χ2n) is 5.82. The van der Waals surface area contributed by atoms with E-state index in [1.54, 1.807) is 24.3 Å². The van der Waals surface area contributed by atoms with Gasteiger partial charge in [0.05, 0.1) is 30.4 Å². The lowest BCUT2D eigenvalue weighted by Crippen LogP contribution is -2.41. The van der Waals surface area contributed by atoms with Gasteiger partial charge in [-0.15, -0.1) is 0 Å². The van der Waals surface area contributed by atoms with Crippen LogP contribution in [0.2, 0.25) is 0 Å². The molecule has 0 unspecified atom stereocenters. The minimum atomic E-state index is -0.191. The highest BCUT2D eigenvalue weighted by molar-refractivity contribution is 5.93. The predicted molar refractivity (Wildman–Crippen MR) is 96.1 cm³/mol. The van der Waals surface area contributed by atoms with Crippen LogP contribution < -0.4 is 10.6 Å². The molecule has 0 bridgehead atoms. The van der Waals surface area contributed by atoms with E-state index in [0.29, 0.717) is 23.6 Å². The van der Waals surface area contributed by atoms with Gasteiger partial charge in [-0.25, -0.2) is 9.97 Å². The van der Waals surface area contributed by atoms with Crippen molar-refractivity contribution in [1.82, 2.24) is 20.2 Å². The van der Waals surface area contributed by atoms with Gasteiger partial charge in [0.15, 0.2) is 0 Å². The molecule has 0 saturated carbocycles. The van der Waals surface area contributed by atoms with Crippen molar-refractivity contribution in [1.29, 1.82) is 5.26 Å². The Kier molecular flexibility index (Phi) is 6.09. The number of amides is 1. The van der Waals surface area contributed by atoms with Gasteiger partial charge in [0.1, 0.15) is 0 Å². The number of hydrogen-bond acceptors (Lipinski definition) is 7. The number of carbonyl (C=O) groups is 1. The molecule has 2 heterocycles. The molecule has 1 fully saturated rings. The van der Waals surface area contributed by atoms with Crippen LogP contribution in [0.3, 0.4) is 0 Å². The maximum absolute atomic E-state index is 12.1. The van der Waals surface area contributed by atoms with E-state index in [4.69, 9.17) is 10.00 Å². The normalized spacial score (nSPS) is 14.4. The summed E-state index contributed by atoms with van der Waals surface area (Å²) in [6.45, 7) is 4.66. The Morgan fingerprint density at radius 1 is 1.19 bits per heavy atom. The molecule has 0 radical (unpaired) electrons. The van der Waals surface area contributed by atoms with Gasteiger partial charge in [-0.05, 0) is 24.3 Å². The molecule has 0 aliphatic carbocycles. The number of nitrogens with zero attached hydrogens (tertiary/aromatic N) is 4. The van der Waals surface area contributed by atoms with Crippen LogP contribution in [0, 0.1) is 11.3 Å². The summed E-state index contributed by atoms with van der Waals surface area (Å²) in [5.74, 6) is 0.197. The average molecular weight is 352 g/mol. The standard InChI is InChI=1S/C18H20N6O2/c19-11-14-1-3-16(4-2-14)23-18-21-12-15(13-22-18)17(25)20-5-6-24-7-9-26-10-8-24/h1-4,12-13H,5-10H2,(H,20,25)(H,21,22,23). The van der Waals surface area contributed by atoms with Crippen LogP contribution in [0.5, 0.6) is 0 Å². The van der Waals surface area contributed by atoms with Gasteiger partial charge in [-0.2, -0.15) is 5.26 Å². The Hall–Kier alpha value is -3.02. The summed E-state index contributed by atoms with van der Waals surface area (Å²) in [4.78, 5) is 22.7. The maximum atomic E-state index is 12.1. The second-order valence-corrected chi connectivity index (χ2v) is 5.82. The summed E-state index contributed by atoms with van der Waals surface area (Å²) >= 11 is 0. The zero-order valence-electron chi connectivity index (χ0n) is 14.3. The van der Waals surface area contributed by atoms with E-state index in [-0.39, 0.29) is 5.91 Å². The summed E-state index contributed by atoms with van der Waals surface area (Å²) in [5.41, 5.74) is 1.77. The van der Waals surface area contributed by atoms with Gasteiger partial charge in [-0.3, -0.25) is 9.69 Å². The topological polar surface area (TPSA) is 103 Å². The van der Waals surface area contributed by atoms with Crippen molar-refractivity contribution in [2.45, 2.75) is 0 Å². The van der Waals surface area contributed by atoms with Crippen LogP contribution >= 0.6 is 0 Å². The van der Waals surface area contributed by atoms with Gasteiger partial charge >= 0.3 is 0 Å². The van der Waals surface area contributed by atoms with E-state index < -0.39 is 0 Å².